The van der Waals surface area contributed by atoms with Crippen LogP contribution in [0.5, 0.6) is 5.75 Å². The molecule has 36 heavy (non-hydrogen) atoms. The van der Waals surface area contributed by atoms with E-state index in [0.29, 0.717) is 18.4 Å². The van der Waals surface area contributed by atoms with Crippen molar-refractivity contribution in [1.82, 2.24) is 15.1 Å². The van der Waals surface area contributed by atoms with Crippen LogP contribution in [-0.4, -0.2) is 64.9 Å². The van der Waals surface area contributed by atoms with Crippen LogP contribution in [0.2, 0.25) is 0 Å². The molecule has 1 aromatic rings. The van der Waals surface area contributed by atoms with Crippen LogP contribution in [-0.2, 0) is 19.2 Å². The van der Waals surface area contributed by atoms with E-state index >= 15 is 0 Å². The molecule has 5 amide bonds. The molecule has 1 N–H and O–H groups in total. The standard InChI is InChI=1S/C24H23F2N3O6S/c25-23(26)35-15-7-5-14(6-8-15)13-18-22(33)29(24(34)36-18)12-10-27-19(30)9-11-28-20(31)16-3-1-2-4-17(16)21(28)32/h1-2,5-8,13,16-17,23H,3-4,9-12H2,(H,27,30)/b18-13+/t16-,17+. The summed E-state index contributed by atoms with van der Waals surface area (Å²) in [6.07, 6.45) is 6.24. The number of allylic oxidation sites excluding steroid dienone is 2. The first-order valence-corrected chi connectivity index (χ1v) is 12.1. The van der Waals surface area contributed by atoms with Crippen LogP contribution in [0.3, 0.4) is 0 Å². The van der Waals surface area contributed by atoms with Crippen LogP contribution >= 0.6 is 11.8 Å². The lowest BCUT2D eigenvalue weighted by molar-refractivity contribution is -0.140. The van der Waals surface area contributed by atoms with E-state index in [1.54, 1.807) is 0 Å². The SMILES string of the molecule is O=C(CCN1C(=O)[C@H]2CC=CC[C@H]2C1=O)NCCN1C(=O)S/C(=C/c2ccc(OC(F)F)cc2)C1=O. The van der Waals surface area contributed by atoms with Gasteiger partial charge in [0.05, 0.1) is 16.7 Å². The predicted molar refractivity (Wildman–Crippen MR) is 125 cm³/mol. The molecule has 0 aromatic heterocycles. The zero-order chi connectivity index (χ0) is 25.8. The van der Waals surface area contributed by atoms with Crippen molar-refractivity contribution in [1.29, 1.82) is 0 Å². The third-order valence-electron chi connectivity index (χ3n) is 6.10. The number of nitrogens with zero attached hydrogens (tertiary/aromatic N) is 2. The third-order valence-corrected chi connectivity index (χ3v) is 7.00. The summed E-state index contributed by atoms with van der Waals surface area (Å²) in [7, 11) is 0. The second-order valence-corrected chi connectivity index (χ2v) is 9.36. The molecule has 2 aliphatic heterocycles. The van der Waals surface area contributed by atoms with Gasteiger partial charge in [-0.05, 0) is 48.4 Å². The molecular formula is C24H23F2N3O6S. The van der Waals surface area contributed by atoms with Gasteiger partial charge in [0.1, 0.15) is 5.75 Å². The number of ether oxygens (including phenoxy) is 1. The molecule has 9 nitrogen and oxygen atoms in total. The molecule has 1 aliphatic carbocycles. The molecule has 0 bridgehead atoms. The van der Waals surface area contributed by atoms with Crippen molar-refractivity contribution in [3.63, 3.8) is 0 Å². The Bertz CT molecular complexity index is 1110. The van der Waals surface area contributed by atoms with Crippen molar-refractivity contribution in [3.8, 4) is 5.75 Å². The monoisotopic (exact) mass is 519 g/mol. The number of imide groups is 2. The van der Waals surface area contributed by atoms with Crippen molar-refractivity contribution in [3.05, 3.63) is 46.9 Å². The maximum Gasteiger partial charge on any atom is 0.387 e. The first-order valence-electron chi connectivity index (χ1n) is 11.3. The van der Waals surface area contributed by atoms with Crippen molar-refractivity contribution < 1.29 is 37.5 Å². The highest BCUT2D eigenvalue weighted by Gasteiger charge is 2.46. The Kier molecular flexibility index (Phi) is 7.82. The molecule has 1 aromatic carbocycles. The average molecular weight is 520 g/mol. The highest BCUT2D eigenvalue weighted by molar-refractivity contribution is 8.18. The van der Waals surface area contributed by atoms with E-state index in [2.05, 4.69) is 10.1 Å². The first-order chi connectivity index (χ1) is 17.2. The Labute approximate surface area is 209 Å². The number of alkyl halides is 2. The molecular weight excluding hydrogens is 496 g/mol. The quantitative estimate of drug-likeness (QED) is 0.303. The van der Waals surface area contributed by atoms with Crippen molar-refractivity contribution in [2.75, 3.05) is 19.6 Å². The van der Waals surface area contributed by atoms with E-state index in [-0.39, 0.29) is 60.4 Å². The fourth-order valence-corrected chi connectivity index (χ4v) is 5.15. The highest BCUT2D eigenvalue weighted by atomic mass is 32.2. The Balaban J connectivity index is 1.23. The maximum absolute atomic E-state index is 12.6. The molecule has 2 saturated heterocycles. The number of thioether (sulfide) groups is 1. The van der Waals surface area contributed by atoms with Gasteiger partial charge >= 0.3 is 6.61 Å². The molecule has 0 spiro atoms. The molecule has 2 atom stereocenters. The summed E-state index contributed by atoms with van der Waals surface area (Å²) in [4.78, 5) is 64.3. The van der Waals surface area contributed by atoms with E-state index in [4.69, 9.17) is 0 Å². The molecule has 0 radical (unpaired) electrons. The second kappa shape index (κ2) is 11.0. The van der Waals surface area contributed by atoms with Crippen LogP contribution in [0.25, 0.3) is 6.08 Å². The fourth-order valence-electron chi connectivity index (χ4n) is 4.29. The lowest BCUT2D eigenvalue weighted by atomic mass is 9.85. The topological polar surface area (TPSA) is 113 Å². The summed E-state index contributed by atoms with van der Waals surface area (Å²) in [5.41, 5.74) is 0.525. The smallest absolute Gasteiger partial charge is 0.387 e. The molecule has 2 fully saturated rings. The number of amides is 5. The number of fused-ring (bicyclic) bond motifs is 1. The van der Waals surface area contributed by atoms with Crippen LogP contribution < -0.4 is 10.1 Å². The van der Waals surface area contributed by atoms with Gasteiger partial charge in [-0.15, -0.1) is 0 Å². The molecule has 2 heterocycles. The summed E-state index contributed by atoms with van der Waals surface area (Å²) >= 11 is 0.735. The van der Waals surface area contributed by atoms with Gasteiger partial charge in [0.15, 0.2) is 0 Å². The number of hydrogen-bond donors (Lipinski definition) is 1. The number of benzene rings is 1. The van der Waals surface area contributed by atoms with Gasteiger partial charge in [0.2, 0.25) is 17.7 Å². The average Bonchev–Trinajstić information content (AvgIpc) is 3.25. The first kappa shape index (κ1) is 25.5. The van der Waals surface area contributed by atoms with Crippen LogP contribution in [0.1, 0.15) is 24.8 Å². The van der Waals surface area contributed by atoms with Crippen molar-refractivity contribution in [2.24, 2.45) is 11.8 Å². The molecule has 0 unspecified atom stereocenters. The Morgan fingerprint density at radius 3 is 2.28 bits per heavy atom. The van der Waals surface area contributed by atoms with Crippen molar-refractivity contribution in [2.45, 2.75) is 25.9 Å². The van der Waals surface area contributed by atoms with Gasteiger partial charge in [-0.3, -0.25) is 33.8 Å². The van der Waals surface area contributed by atoms with Gasteiger partial charge < -0.3 is 10.1 Å². The third kappa shape index (κ3) is 5.64. The van der Waals surface area contributed by atoms with Gasteiger partial charge in [0.25, 0.3) is 11.1 Å². The fraction of sp³-hybridized carbons (Fsp3) is 0.375. The maximum atomic E-state index is 12.6. The summed E-state index contributed by atoms with van der Waals surface area (Å²) in [5.74, 6) is -2.15. The molecule has 190 valence electrons. The van der Waals surface area contributed by atoms with Crippen LogP contribution in [0.15, 0.2) is 41.3 Å². The van der Waals surface area contributed by atoms with Gasteiger partial charge in [-0.2, -0.15) is 8.78 Å². The van der Waals surface area contributed by atoms with E-state index in [9.17, 15) is 32.8 Å². The van der Waals surface area contributed by atoms with E-state index in [1.165, 1.54) is 30.3 Å². The number of nitrogens with one attached hydrogen (secondary N) is 1. The lowest BCUT2D eigenvalue weighted by Gasteiger charge is -2.15. The largest absolute Gasteiger partial charge is 0.435 e. The number of rotatable bonds is 9. The Hall–Kier alpha value is -3.54. The zero-order valence-electron chi connectivity index (χ0n) is 19.0. The molecule has 4 rings (SSSR count). The summed E-state index contributed by atoms with van der Waals surface area (Å²) in [6.45, 7) is -2.99. The Morgan fingerprint density at radius 2 is 1.67 bits per heavy atom. The van der Waals surface area contributed by atoms with Gasteiger partial charge in [0, 0.05) is 26.1 Å². The minimum atomic E-state index is -2.94. The predicted octanol–water partition coefficient (Wildman–Crippen LogP) is 2.78. The molecule has 0 saturated carbocycles. The summed E-state index contributed by atoms with van der Waals surface area (Å²) < 4.78 is 28.8. The zero-order valence-corrected chi connectivity index (χ0v) is 19.8. The summed E-state index contributed by atoms with van der Waals surface area (Å²) in [6, 6.07) is 5.61. The van der Waals surface area contributed by atoms with E-state index in [1.807, 2.05) is 12.2 Å². The number of carbonyl (C=O) groups is 5. The van der Waals surface area contributed by atoms with E-state index < -0.39 is 23.7 Å². The minimum absolute atomic E-state index is 0.0119. The van der Waals surface area contributed by atoms with Crippen LogP contribution in [0, 0.1) is 11.8 Å². The number of halogens is 2. The number of likely N-dealkylation sites (tertiary alicyclic amines) is 1. The minimum Gasteiger partial charge on any atom is -0.435 e. The highest BCUT2D eigenvalue weighted by Crippen LogP contribution is 2.35. The van der Waals surface area contributed by atoms with Gasteiger partial charge in [-0.1, -0.05) is 24.3 Å². The Morgan fingerprint density at radius 1 is 1.03 bits per heavy atom. The lowest BCUT2D eigenvalue weighted by Crippen LogP contribution is -2.39. The molecule has 12 heteroatoms. The van der Waals surface area contributed by atoms with Crippen LogP contribution in [0.4, 0.5) is 13.6 Å². The van der Waals surface area contributed by atoms with Gasteiger partial charge in [-0.25, -0.2) is 0 Å². The summed E-state index contributed by atoms with van der Waals surface area (Å²) in [5, 5.41) is 2.11. The molecule has 3 aliphatic rings. The normalized spacial score (nSPS) is 22.7. The van der Waals surface area contributed by atoms with Crippen molar-refractivity contribution >= 4 is 46.7 Å². The second-order valence-electron chi connectivity index (χ2n) is 8.36. The number of carbonyl (C=O) groups excluding carboxylic acids is 5. The van der Waals surface area contributed by atoms with E-state index in [0.717, 1.165) is 21.6 Å². The number of hydrogen-bond acceptors (Lipinski definition) is 7.